The van der Waals surface area contributed by atoms with E-state index in [1.807, 2.05) is 4.90 Å². The van der Waals surface area contributed by atoms with Gasteiger partial charge in [-0.2, -0.15) is 0 Å². The van der Waals surface area contributed by atoms with Gasteiger partial charge in [0.2, 0.25) is 0 Å². The summed E-state index contributed by atoms with van der Waals surface area (Å²) < 4.78 is 19.2. The fourth-order valence-electron chi connectivity index (χ4n) is 3.49. The largest absolute Gasteiger partial charge is 0.481 e. The Morgan fingerprint density at radius 2 is 1.81 bits per heavy atom. The van der Waals surface area contributed by atoms with E-state index >= 15 is 0 Å². The van der Waals surface area contributed by atoms with Gasteiger partial charge in [0.1, 0.15) is 5.82 Å². The number of nitrogens with zero attached hydrogens (tertiary/aromatic N) is 1. The SMILES string of the molecule is O=C(Nc1cc(F)cc(N2CCOCC2)c1)NC1CCC(C(=O)O)CC1. The predicted octanol–water partition coefficient (Wildman–Crippen LogP) is 2.43. The zero-order chi connectivity index (χ0) is 18.5. The topological polar surface area (TPSA) is 90.9 Å². The minimum atomic E-state index is -0.775. The van der Waals surface area contributed by atoms with Crippen LogP contribution in [0.2, 0.25) is 0 Å². The molecule has 1 saturated heterocycles. The number of halogens is 1. The minimum absolute atomic E-state index is 0.0575. The van der Waals surface area contributed by atoms with Crippen LogP contribution in [0.3, 0.4) is 0 Å². The molecular weight excluding hydrogens is 341 g/mol. The van der Waals surface area contributed by atoms with Gasteiger partial charge in [0.15, 0.2) is 0 Å². The standard InChI is InChI=1S/C18H24FN3O4/c19-13-9-15(11-16(10-13)22-5-7-26-8-6-22)21-18(25)20-14-3-1-12(2-4-14)17(23)24/h9-12,14H,1-8H2,(H,23,24)(H2,20,21,25). The van der Waals surface area contributed by atoms with Crippen LogP contribution in [-0.4, -0.2) is 49.5 Å². The van der Waals surface area contributed by atoms with E-state index in [4.69, 9.17) is 9.84 Å². The summed E-state index contributed by atoms with van der Waals surface area (Å²) in [6.07, 6.45) is 2.38. The first-order valence-corrected chi connectivity index (χ1v) is 8.95. The number of anilines is 2. The predicted molar refractivity (Wildman–Crippen MR) is 95.0 cm³/mol. The Morgan fingerprint density at radius 3 is 2.46 bits per heavy atom. The molecule has 3 rings (SSSR count). The van der Waals surface area contributed by atoms with E-state index in [0.717, 1.165) is 0 Å². The quantitative estimate of drug-likeness (QED) is 0.762. The molecule has 2 fully saturated rings. The van der Waals surface area contributed by atoms with E-state index in [9.17, 15) is 14.0 Å². The number of rotatable bonds is 4. The number of nitrogens with one attached hydrogen (secondary N) is 2. The number of carbonyl (C=O) groups is 2. The fourth-order valence-corrected chi connectivity index (χ4v) is 3.49. The van der Waals surface area contributed by atoms with Gasteiger partial charge in [-0.3, -0.25) is 4.79 Å². The van der Waals surface area contributed by atoms with Gasteiger partial charge in [-0.25, -0.2) is 9.18 Å². The lowest BCUT2D eigenvalue weighted by molar-refractivity contribution is -0.142. The van der Waals surface area contributed by atoms with Crippen molar-refractivity contribution in [3.05, 3.63) is 24.0 Å². The third-order valence-corrected chi connectivity index (χ3v) is 4.93. The van der Waals surface area contributed by atoms with Crippen LogP contribution >= 0.6 is 0 Å². The van der Waals surface area contributed by atoms with Gasteiger partial charge in [0, 0.05) is 30.5 Å². The van der Waals surface area contributed by atoms with E-state index in [1.54, 1.807) is 6.07 Å². The van der Waals surface area contributed by atoms with Crippen LogP contribution in [0.5, 0.6) is 0 Å². The van der Waals surface area contributed by atoms with Crippen LogP contribution in [0.1, 0.15) is 25.7 Å². The first-order chi connectivity index (χ1) is 12.5. The first-order valence-electron chi connectivity index (χ1n) is 8.95. The summed E-state index contributed by atoms with van der Waals surface area (Å²) in [4.78, 5) is 25.2. The van der Waals surface area contributed by atoms with Crippen LogP contribution in [0.15, 0.2) is 18.2 Å². The Morgan fingerprint density at radius 1 is 1.12 bits per heavy atom. The highest BCUT2D eigenvalue weighted by atomic mass is 19.1. The molecule has 1 saturated carbocycles. The molecule has 1 aromatic carbocycles. The summed E-state index contributed by atoms with van der Waals surface area (Å²) >= 11 is 0. The van der Waals surface area contributed by atoms with Crippen molar-refractivity contribution >= 4 is 23.4 Å². The van der Waals surface area contributed by atoms with Crippen LogP contribution in [0, 0.1) is 11.7 Å². The average Bonchev–Trinajstić information content (AvgIpc) is 2.62. The second-order valence-corrected chi connectivity index (χ2v) is 6.78. The Hall–Kier alpha value is -2.35. The van der Waals surface area contributed by atoms with Crippen molar-refractivity contribution in [2.45, 2.75) is 31.7 Å². The number of carboxylic acid groups (broad SMARTS) is 1. The summed E-state index contributed by atoms with van der Waals surface area (Å²) in [5, 5.41) is 14.5. The number of carbonyl (C=O) groups excluding carboxylic acids is 1. The van der Waals surface area contributed by atoms with Gasteiger partial charge in [0.25, 0.3) is 0 Å². The lowest BCUT2D eigenvalue weighted by atomic mass is 9.86. The highest BCUT2D eigenvalue weighted by Gasteiger charge is 2.26. The molecule has 1 aliphatic heterocycles. The number of benzene rings is 1. The number of ether oxygens (including phenoxy) is 1. The summed E-state index contributed by atoms with van der Waals surface area (Å²) in [6, 6.07) is 4.02. The van der Waals surface area contributed by atoms with Crippen molar-refractivity contribution < 1.29 is 23.8 Å². The number of urea groups is 1. The highest BCUT2D eigenvalue weighted by Crippen LogP contribution is 2.25. The molecule has 2 aliphatic rings. The van der Waals surface area contributed by atoms with Crippen molar-refractivity contribution in [3.8, 4) is 0 Å². The van der Waals surface area contributed by atoms with E-state index in [-0.39, 0.29) is 12.0 Å². The zero-order valence-electron chi connectivity index (χ0n) is 14.5. The average molecular weight is 365 g/mol. The van der Waals surface area contributed by atoms with E-state index < -0.39 is 17.8 Å². The lowest BCUT2D eigenvalue weighted by Gasteiger charge is -2.29. The molecule has 3 N–H and O–H groups in total. The van der Waals surface area contributed by atoms with Crippen LogP contribution in [-0.2, 0) is 9.53 Å². The molecule has 0 bridgehead atoms. The molecule has 8 heteroatoms. The monoisotopic (exact) mass is 365 g/mol. The van der Waals surface area contributed by atoms with Crippen molar-refractivity contribution in [2.24, 2.45) is 5.92 Å². The van der Waals surface area contributed by atoms with Gasteiger partial charge in [-0.1, -0.05) is 0 Å². The minimum Gasteiger partial charge on any atom is -0.481 e. The third-order valence-electron chi connectivity index (χ3n) is 4.93. The highest BCUT2D eigenvalue weighted by molar-refractivity contribution is 5.90. The van der Waals surface area contributed by atoms with E-state index in [2.05, 4.69) is 10.6 Å². The zero-order valence-corrected chi connectivity index (χ0v) is 14.5. The molecular formula is C18H24FN3O4. The van der Waals surface area contributed by atoms with Crippen LogP contribution in [0.4, 0.5) is 20.6 Å². The maximum atomic E-state index is 13.9. The van der Waals surface area contributed by atoms with Crippen molar-refractivity contribution in [2.75, 3.05) is 36.5 Å². The molecule has 2 amide bonds. The van der Waals surface area contributed by atoms with Gasteiger partial charge in [0.05, 0.1) is 19.1 Å². The Balaban J connectivity index is 1.55. The Labute approximate surface area is 151 Å². The molecule has 0 radical (unpaired) electrons. The van der Waals surface area contributed by atoms with Crippen LogP contribution in [0.25, 0.3) is 0 Å². The molecule has 142 valence electrons. The van der Waals surface area contributed by atoms with Crippen molar-refractivity contribution in [3.63, 3.8) is 0 Å². The van der Waals surface area contributed by atoms with E-state index in [1.165, 1.54) is 12.1 Å². The second kappa shape index (κ2) is 8.35. The third kappa shape index (κ3) is 4.85. The first kappa shape index (κ1) is 18.4. The van der Waals surface area contributed by atoms with Crippen molar-refractivity contribution in [1.82, 2.24) is 5.32 Å². The normalized spacial score (nSPS) is 23.3. The molecule has 0 spiro atoms. The number of morpholine rings is 1. The van der Waals surface area contributed by atoms with Gasteiger partial charge < -0.3 is 25.4 Å². The molecule has 26 heavy (non-hydrogen) atoms. The molecule has 0 unspecified atom stereocenters. The lowest BCUT2D eigenvalue weighted by Crippen LogP contribution is -2.41. The maximum Gasteiger partial charge on any atom is 0.319 e. The number of hydrogen-bond acceptors (Lipinski definition) is 4. The summed E-state index contributed by atoms with van der Waals surface area (Å²) in [5.74, 6) is -1.51. The molecule has 1 aliphatic carbocycles. The molecule has 1 aromatic rings. The molecule has 7 nitrogen and oxygen atoms in total. The number of carboxylic acids is 1. The number of hydrogen-bond donors (Lipinski definition) is 3. The van der Waals surface area contributed by atoms with Gasteiger partial charge in [-0.05, 0) is 43.9 Å². The summed E-state index contributed by atoms with van der Waals surface area (Å²) in [6.45, 7) is 2.56. The molecule has 0 atom stereocenters. The summed E-state index contributed by atoms with van der Waals surface area (Å²) in [5.41, 5.74) is 1.11. The number of amides is 2. The summed E-state index contributed by atoms with van der Waals surface area (Å²) in [7, 11) is 0. The van der Waals surface area contributed by atoms with Crippen LogP contribution < -0.4 is 15.5 Å². The maximum absolute atomic E-state index is 13.9. The number of aliphatic carboxylic acids is 1. The Bertz CT molecular complexity index is 656. The van der Waals surface area contributed by atoms with E-state index in [0.29, 0.717) is 63.4 Å². The fraction of sp³-hybridized carbons (Fsp3) is 0.556. The second-order valence-electron chi connectivity index (χ2n) is 6.78. The van der Waals surface area contributed by atoms with Crippen molar-refractivity contribution in [1.29, 1.82) is 0 Å². The van der Waals surface area contributed by atoms with Gasteiger partial charge in [-0.15, -0.1) is 0 Å². The molecule has 1 heterocycles. The Kier molecular flexibility index (Phi) is 5.92. The van der Waals surface area contributed by atoms with Gasteiger partial charge >= 0.3 is 12.0 Å². The smallest absolute Gasteiger partial charge is 0.319 e. The molecule has 0 aromatic heterocycles.